The van der Waals surface area contributed by atoms with Gasteiger partial charge in [0.2, 0.25) is 5.91 Å². The highest BCUT2D eigenvalue weighted by molar-refractivity contribution is 5.96. The highest BCUT2D eigenvalue weighted by Gasteiger charge is 2.36. The monoisotopic (exact) mass is 379 g/mol. The van der Waals surface area contributed by atoms with Crippen molar-refractivity contribution in [1.82, 2.24) is 10.2 Å². The molecule has 1 aromatic rings. The topological polar surface area (TPSA) is 82.1 Å². The number of carbonyl (C=O) groups excluding carboxylic acids is 2. The number of nitrogens with one attached hydrogen (secondary N) is 1. The van der Waals surface area contributed by atoms with Crippen LogP contribution in [0.15, 0.2) is 24.3 Å². The summed E-state index contributed by atoms with van der Waals surface area (Å²) in [6, 6.07) is 5.15. The van der Waals surface area contributed by atoms with Crippen LogP contribution in [0.1, 0.15) is 19.3 Å². The third-order valence-electron chi connectivity index (χ3n) is 5.40. The second kappa shape index (κ2) is 8.22. The first-order valence-corrected chi connectivity index (χ1v) is 9.19. The van der Waals surface area contributed by atoms with Crippen molar-refractivity contribution in [3.8, 4) is 0 Å². The predicted octanol–water partition coefficient (Wildman–Crippen LogP) is 1.36. The number of ether oxygens (including phenoxy) is 1. The average molecular weight is 379 g/mol. The summed E-state index contributed by atoms with van der Waals surface area (Å²) in [7, 11) is 1.69. The number of carbonyl (C=O) groups is 2. The molecule has 3 rings (SSSR count). The smallest absolute Gasteiger partial charge is 0.317 e. The van der Waals surface area contributed by atoms with Crippen LogP contribution in [0.5, 0.6) is 0 Å². The molecule has 2 heterocycles. The van der Waals surface area contributed by atoms with Crippen LogP contribution in [-0.4, -0.2) is 67.9 Å². The molecule has 0 aliphatic carbocycles. The molecular weight excluding hydrogens is 353 g/mol. The molecule has 27 heavy (non-hydrogen) atoms. The standard InChI is InChI=1S/C19H26FN3O4/c1-22(12-19(13-24)6-8-27-9-7-19)18(26)21-15-10-17(25)23(11-15)16-4-2-14(20)3-5-16/h2-5,15,24H,6-13H2,1H3,(H,21,26)/t15-/m0/s1. The Morgan fingerprint density at radius 1 is 1.37 bits per heavy atom. The molecule has 2 fully saturated rings. The van der Waals surface area contributed by atoms with E-state index in [1.54, 1.807) is 29.0 Å². The summed E-state index contributed by atoms with van der Waals surface area (Å²) in [5.74, 6) is -0.464. The molecular formula is C19H26FN3O4. The van der Waals surface area contributed by atoms with Gasteiger partial charge >= 0.3 is 6.03 Å². The van der Waals surface area contributed by atoms with Gasteiger partial charge in [0, 0.05) is 50.9 Å². The first-order chi connectivity index (χ1) is 12.9. The normalized spacial score (nSPS) is 22.0. The first-order valence-electron chi connectivity index (χ1n) is 9.19. The van der Waals surface area contributed by atoms with Crippen molar-refractivity contribution in [2.45, 2.75) is 25.3 Å². The number of urea groups is 1. The molecule has 3 amide bonds. The van der Waals surface area contributed by atoms with Crippen LogP contribution in [0.4, 0.5) is 14.9 Å². The van der Waals surface area contributed by atoms with Crippen LogP contribution in [0, 0.1) is 11.2 Å². The lowest BCUT2D eigenvalue weighted by Gasteiger charge is -2.38. The van der Waals surface area contributed by atoms with Crippen molar-refractivity contribution in [2.24, 2.45) is 5.41 Å². The molecule has 1 atom stereocenters. The molecule has 8 heteroatoms. The number of anilines is 1. The zero-order valence-corrected chi connectivity index (χ0v) is 15.5. The van der Waals surface area contributed by atoms with E-state index in [1.165, 1.54) is 12.1 Å². The van der Waals surface area contributed by atoms with Crippen molar-refractivity contribution >= 4 is 17.6 Å². The maximum Gasteiger partial charge on any atom is 0.317 e. The van der Waals surface area contributed by atoms with Gasteiger partial charge in [-0.25, -0.2) is 9.18 Å². The summed E-state index contributed by atoms with van der Waals surface area (Å²) in [5, 5.41) is 12.7. The Labute approximate surface area is 158 Å². The number of aliphatic hydroxyl groups is 1. The molecule has 0 bridgehead atoms. The van der Waals surface area contributed by atoms with Crippen molar-refractivity contribution in [2.75, 3.05) is 44.9 Å². The minimum Gasteiger partial charge on any atom is -0.396 e. The minimum absolute atomic E-state index is 0.00817. The summed E-state index contributed by atoms with van der Waals surface area (Å²) < 4.78 is 18.4. The SMILES string of the molecule is CN(CC1(CO)CCOCC1)C(=O)N[C@H]1CC(=O)N(c2ccc(F)cc2)C1. The zero-order chi connectivity index (χ0) is 19.4. The Bertz CT molecular complexity index is 676. The van der Waals surface area contributed by atoms with Gasteiger partial charge < -0.3 is 25.0 Å². The molecule has 0 unspecified atom stereocenters. The summed E-state index contributed by atoms with van der Waals surface area (Å²) in [4.78, 5) is 27.9. The third-order valence-corrected chi connectivity index (χ3v) is 5.40. The van der Waals surface area contributed by atoms with E-state index < -0.39 is 0 Å². The zero-order valence-electron chi connectivity index (χ0n) is 15.5. The molecule has 7 nitrogen and oxygen atoms in total. The number of hydrogen-bond acceptors (Lipinski definition) is 4. The summed E-state index contributed by atoms with van der Waals surface area (Å²) >= 11 is 0. The number of nitrogens with zero attached hydrogens (tertiary/aromatic N) is 2. The highest BCUT2D eigenvalue weighted by atomic mass is 19.1. The van der Waals surface area contributed by atoms with Gasteiger partial charge in [-0.3, -0.25) is 4.79 Å². The maximum atomic E-state index is 13.1. The van der Waals surface area contributed by atoms with E-state index in [-0.39, 0.29) is 42.2 Å². The van der Waals surface area contributed by atoms with Gasteiger partial charge in [-0.2, -0.15) is 0 Å². The van der Waals surface area contributed by atoms with E-state index in [0.29, 0.717) is 44.8 Å². The summed E-state index contributed by atoms with van der Waals surface area (Å²) in [6.07, 6.45) is 1.62. The van der Waals surface area contributed by atoms with Gasteiger partial charge in [-0.05, 0) is 37.1 Å². The number of benzene rings is 1. The Morgan fingerprint density at radius 3 is 2.67 bits per heavy atom. The fraction of sp³-hybridized carbons (Fsp3) is 0.579. The molecule has 2 aliphatic heterocycles. The quantitative estimate of drug-likeness (QED) is 0.809. The van der Waals surface area contributed by atoms with E-state index in [9.17, 15) is 19.1 Å². The minimum atomic E-state index is -0.359. The molecule has 148 valence electrons. The number of halogens is 1. The van der Waals surface area contributed by atoms with Crippen molar-refractivity contribution in [1.29, 1.82) is 0 Å². The van der Waals surface area contributed by atoms with E-state index in [4.69, 9.17) is 4.74 Å². The molecule has 0 aromatic heterocycles. The highest BCUT2D eigenvalue weighted by Crippen LogP contribution is 2.30. The average Bonchev–Trinajstić information content (AvgIpc) is 3.03. The second-order valence-corrected chi connectivity index (χ2v) is 7.46. The third kappa shape index (κ3) is 4.56. The first kappa shape index (κ1) is 19.6. The number of aliphatic hydroxyl groups excluding tert-OH is 1. The lowest BCUT2D eigenvalue weighted by atomic mass is 9.80. The Kier molecular flexibility index (Phi) is 5.96. The molecule has 2 aliphatic rings. The van der Waals surface area contributed by atoms with Crippen LogP contribution in [-0.2, 0) is 9.53 Å². The molecule has 2 N–H and O–H groups in total. The summed E-state index contributed by atoms with van der Waals surface area (Å²) in [6.45, 7) is 1.96. The van der Waals surface area contributed by atoms with Gasteiger partial charge in [0.15, 0.2) is 0 Å². The van der Waals surface area contributed by atoms with Crippen LogP contribution < -0.4 is 10.2 Å². The Morgan fingerprint density at radius 2 is 2.04 bits per heavy atom. The maximum absolute atomic E-state index is 13.1. The van der Waals surface area contributed by atoms with Crippen LogP contribution >= 0.6 is 0 Å². The van der Waals surface area contributed by atoms with Crippen LogP contribution in [0.25, 0.3) is 0 Å². The predicted molar refractivity (Wildman–Crippen MR) is 97.9 cm³/mol. The van der Waals surface area contributed by atoms with Gasteiger partial charge in [0.1, 0.15) is 5.82 Å². The molecule has 0 spiro atoms. The van der Waals surface area contributed by atoms with Gasteiger partial charge in [-0.1, -0.05) is 0 Å². The largest absolute Gasteiger partial charge is 0.396 e. The van der Waals surface area contributed by atoms with Crippen LogP contribution in [0.3, 0.4) is 0 Å². The Balaban J connectivity index is 1.56. The van der Waals surface area contributed by atoms with Crippen molar-refractivity contribution in [3.05, 3.63) is 30.1 Å². The molecule has 1 aromatic carbocycles. The second-order valence-electron chi connectivity index (χ2n) is 7.46. The van der Waals surface area contributed by atoms with Gasteiger partial charge in [-0.15, -0.1) is 0 Å². The number of hydrogen-bond donors (Lipinski definition) is 2. The van der Waals surface area contributed by atoms with E-state index in [1.807, 2.05) is 0 Å². The lowest BCUT2D eigenvalue weighted by Crippen LogP contribution is -2.50. The molecule has 0 saturated carbocycles. The Hall–Kier alpha value is -2.19. The number of rotatable bonds is 5. The van der Waals surface area contributed by atoms with Gasteiger partial charge in [0.05, 0.1) is 12.6 Å². The van der Waals surface area contributed by atoms with E-state index >= 15 is 0 Å². The van der Waals surface area contributed by atoms with Crippen LogP contribution in [0.2, 0.25) is 0 Å². The van der Waals surface area contributed by atoms with E-state index in [2.05, 4.69) is 5.32 Å². The van der Waals surface area contributed by atoms with Gasteiger partial charge in [0.25, 0.3) is 0 Å². The van der Waals surface area contributed by atoms with E-state index in [0.717, 1.165) is 0 Å². The lowest BCUT2D eigenvalue weighted by molar-refractivity contribution is -0.117. The number of amides is 3. The summed E-state index contributed by atoms with van der Waals surface area (Å²) in [5.41, 5.74) is 0.281. The molecule has 2 saturated heterocycles. The fourth-order valence-electron chi connectivity index (χ4n) is 3.71. The fourth-order valence-corrected chi connectivity index (χ4v) is 3.71. The van der Waals surface area contributed by atoms with Crippen molar-refractivity contribution < 1.29 is 23.8 Å². The van der Waals surface area contributed by atoms with Crippen molar-refractivity contribution in [3.63, 3.8) is 0 Å². The molecule has 0 radical (unpaired) electrons.